The third-order valence-electron chi connectivity index (χ3n) is 0.748. The van der Waals surface area contributed by atoms with E-state index in [2.05, 4.69) is 10.3 Å². The van der Waals surface area contributed by atoms with Gasteiger partial charge in [-0.2, -0.15) is 0 Å². The van der Waals surface area contributed by atoms with Crippen LogP contribution in [0.5, 0.6) is 0 Å². The average molecular weight is 126 g/mol. The second-order valence-electron chi connectivity index (χ2n) is 1.32. The lowest BCUT2D eigenvalue weighted by Gasteiger charge is -1.93. The maximum Gasteiger partial charge on any atom is 0.212 e. The SMILES string of the molecule is C/C=N\C(=C/C)NC=O. The molecule has 0 bridgehead atoms. The Labute approximate surface area is 54.5 Å². The van der Waals surface area contributed by atoms with Gasteiger partial charge < -0.3 is 5.32 Å². The van der Waals surface area contributed by atoms with Crippen molar-refractivity contribution in [2.24, 2.45) is 4.99 Å². The van der Waals surface area contributed by atoms with Crippen LogP contribution < -0.4 is 5.32 Å². The molecule has 1 amide bonds. The number of nitrogens with one attached hydrogen (secondary N) is 1. The molecule has 50 valence electrons. The smallest absolute Gasteiger partial charge is 0.212 e. The maximum atomic E-state index is 9.82. The van der Waals surface area contributed by atoms with E-state index in [-0.39, 0.29) is 0 Å². The van der Waals surface area contributed by atoms with Crippen LogP contribution in [0, 0.1) is 0 Å². The first-order valence-corrected chi connectivity index (χ1v) is 2.70. The third-order valence-corrected chi connectivity index (χ3v) is 0.748. The molecule has 0 radical (unpaired) electrons. The summed E-state index contributed by atoms with van der Waals surface area (Å²) in [6.07, 6.45) is 3.93. The average Bonchev–Trinajstić information content (AvgIpc) is 1.88. The molecule has 0 rings (SSSR count). The summed E-state index contributed by atoms with van der Waals surface area (Å²) >= 11 is 0. The van der Waals surface area contributed by atoms with Gasteiger partial charge in [0.1, 0.15) is 5.82 Å². The molecular formula is C6H10N2O. The minimum Gasteiger partial charge on any atom is -0.314 e. The highest BCUT2D eigenvalue weighted by Crippen LogP contribution is 1.85. The van der Waals surface area contributed by atoms with E-state index < -0.39 is 0 Å². The highest BCUT2D eigenvalue weighted by Gasteiger charge is 1.82. The van der Waals surface area contributed by atoms with Crippen molar-refractivity contribution < 1.29 is 4.79 Å². The van der Waals surface area contributed by atoms with Gasteiger partial charge in [0.2, 0.25) is 6.41 Å². The van der Waals surface area contributed by atoms with Gasteiger partial charge in [0.25, 0.3) is 0 Å². The second-order valence-corrected chi connectivity index (χ2v) is 1.32. The summed E-state index contributed by atoms with van der Waals surface area (Å²) < 4.78 is 0. The van der Waals surface area contributed by atoms with E-state index in [9.17, 15) is 4.79 Å². The van der Waals surface area contributed by atoms with Gasteiger partial charge >= 0.3 is 0 Å². The molecule has 0 aromatic heterocycles. The van der Waals surface area contributed by atoms with Crippen LogP contribution in [0.3, 0.4) is 0 Å². The van der Waals surface area contributed by atoms with Crippen LogP contribution >= 0.6 is 0 Å². The molecule has 0 spiro atoms. The molecule has 1 N–H and O–H groups in total. The number of nitrogens with zero attached hydrogens (tertiary/aromatic N) is 1. The van der Waals surface area contributed by atoms with Crippen LogP contribution in [-0.2, 0) is 4.79 Å². The van der Waals surface area contributed by atoms with Crippen LogP contribution in [0.1, 0.15) is 13.8 Å². The Morgan fingerprint density at radius 3 is 2.56 bits per heavy atom. The van der Waals surface area contributed by atoms with Crippen molar-refractivity contribution in [3.8, 4) is 0 Å². The number of allylic oxidation sites excluding steroid dienone is 1. The van der Waals surface area contributed by atoms with Crippen molar-refractivity contribution in [1.29, 1.82) is 0 Å². The van der Waals surface area contributed by atoms with Crippen molar-refractivity contribution in [1.82, 2.24) is 5.32 Å². The fourth-order valence-corrected chi connectivity index (χ4v) is 0.395. The molecule has 0 atom stereocenters. The minimum absolute atomic E-state index is 0.576. The monoisotopic (exact) mass is 126 g/mol. The van der Waals surface area contributed by atoms with E-state index in [0.717, 1.165) is 0 Å². The van der Waals surface area contributed by atoms with Gasteiger partial charge in [-0.15, -0.1) is 0 Å². The van der Waals surface area contributed by atoms with Crippen molar-refractivity contribution in [3.63, 3.8) is 0 Å². The Kier molecular flexibility index (Phi) is 4.40. The molecule has 0 unspecified atom stereocenters. The molecule has 3 nitrogen and oxygen atoms in total. The molecule has 0 aliphatic heterocycles. The number of aliphatic imine (C=N–C) groups is 1. The molecule has 0 heterocycles. The first-order chi connectivity index (χ1) is 4.35. The topological polar surface area (TPSA) is 41.5 Å². The Morgan fingerprint density at radius 1 is 1.56 bits per heavy atom. The zero-order valence-electron chi connectivity index (χ0n) is 5.59. The maximum absolute atomic E-state index is 9.82. The van der Waals surface area contributed by atoms with E-state index >= 15 is 0 Å². The van der Waals surface area contributed by atoms with Crippen LogP contribution in [-0.4, -0.2) is 12.6 Å². The molecule has 0 fully saturated rings. The van der Waals surface area contributed by atoms with Crippen molar-refractivity contribution >= 4 is 12.6 Å². The van der Waals surface area contributed by atoms with E-state index in [1.54, 1.807) is 26.1 Å². The molecule has 0 saturated carbocycles. The largest absolute Gasteiger partial charge is 0.314 e. The Morgan fingerprint density at radius 2 is 2.22 bits per heavy atom. The summed E-state index contributed by atoms with van der Waals surface area (Å²) in [5.74, 6) is 0.576. The molecule has 0 saturated heterocycles. The second kappa shape index (κ2) is 5.03. The molecule has 0 aromatic rings. The number of hydrogen-bond donors (Lipinski definition) is 1. The highest BCUT2D eigenvalue weighted by atomic mass is 16.1. The summed E-state index contributed by atoms with van der Waals surface area (Å²) in [6.45, 7) is 3.59. The lowest BCUT2D eigenvalue weighted by Crippen LogP contribution is -2.07. The van der Waals surface area contributed by atoms with Gasteiger partial charge in [-0.3, -0.25) is 4.79 Å². The van der Waals surface area contributed by atoms with E-state index in [1.165, 1.54) is 0 Å². The van der Waals surface area contributed by atoms with Gasteiger partial charge in [0.05, 0.1) is 0 Å². The number of amides is 1. The Balaban J connectivity index is 3.84. The highest BCUT2D eigenvalue weighted by molar-refractivity contribution is 5.57. The van der Waals surface area contributed by atoms with Gasteiger partial charge in [-0.1, -0.05) is 0 Å². The van der Waals surface area contributed by atoms with Crippen molar-refractivity contribution in [2.45, 2.75) is 13.8 Å². The quantitative estimate of drug-likeness (QED) is 0.438. The van der Waals surface area contributed by atoms with Gasteiger partial charge in [-0.05, 0) is 19.9 Å². The zero-order chi connectivity index (χ0) is 7.11. The number of carbonyl (C=O) groups is 1. The molecule has 9 heavy (non-hydrogen) atoms. The first kappa shape index (κ1) is 7.88. The molecule has 3 heteroatoms. The molecule has 0 aromatic carbocycles. The van der Waals surface area contributed by atoms with Crippen LogP contribution in [0.4, 0.5) is 0 Å². The van der Waals surface area contributed by atoms with Gasteiger partial charge in [0, 0.05) is 6.21 Å². The summed E-state index contributed by atoms with van der Waals surface area (Å²) in [5.41, 5.74) is 0. The number of carbonyl (C=O) groups excluding carboxylic acids is 1. The lowest BCUT2D eigenvalue weighted by atomic mass is 10.6. The zero-order valence-corrected chi connectivity index (χ0v) is 5.59. The molecular weight excluding hydrogens is 116 g/mol. The fourth-order valence-electron chi connectivity index (χ4n) is 0.395. The summed E-state index contributed by atoms with van der Waals surface area (Å²) in [7, 11) is 0. The molecule has 0 aliphatic carbocycles. The lowest BCUT2D eigenvalue weighted by molar-refractivity contribution is -0.108. The van der Waals surface area contributed by atoms with Crippen molar-refractivity contribution in [3.05, 3.63) is 11.9 Å². The molecule has 0 aliphatic rings. The van der Waals surface area contributed by atoms with Crippen LogP contribution in [0.2, 0.25) is 0 Å². The number of hydrogen-bond acceptors (Lipinski definition) is 2. The summed E-state index contributed by atoms with van der Waals surface area (Å²) in [6, 6.07) is 0. The normalized spacial score (nSPS) is 12.0. The summed E-state index contributed by atoms with van der Waals surface area (Å²) in [5, 5.41) is 2.42. The third kappa shape index (κ3) is 3.46. The van der Waals surface area contributed by atoms with Gasteiger partial charge in [0.15, 0.2) is 0 Å². The summed E-state index contributed by atoms with van der Waals surface area (Å²) in [4.78, 5) is 13.6. The van der Waals surface area contributed by atoms with Crippen molar-refractivity contribution in [2.75, 3.05) is 0 Å². The predicted molar refractivity (Wildman–Crippen MR) is 37.1 cm³/mol. The van der Waals surface area contributed by atoms with Crippen LogP contribution in [0.15, 0.2) is 16.9 Å². The van der Waals surface area contributed by atoms with E-state index in [1.807, 2.05) is 0 Å². The minimum atomic E-state index is 0.576. The van der Waals surface area contributed by atoms with E-state index in [4.69, 9.17) is 0 Å². The standard InChI is InChI=1S/C6H10N2O/c1-3-6(7-4-2)8-5-9/h3-5H,1-2H3,(H,8,9)/b6-3+,7-4-. The van der Waals surface area contributed by atoms with Crippen LogP contribution in [0.25, 0.3) is 0 Å². The number of rotatable bonds is 3. The Bertz CT molecular complexity index is 138. The first-order valence-electron chi connectivity index (χ1n) is 2.70. The fraction of sp³-hybridized carbons (Fsp3) is 0.333. The van der Waals surface area contributed by atoms with E-state index in [0.29, 0.717) is 12.2 Å². The Hall–Kier alpha value is -1.12. The predicted octanol–water partition coefficient (Wildman–Crippen LogP) is 0.684. The van der Waals surface area contributed by atoms with Gasteiger partial charge in [-0.25, -0.2) is 4.99 Å².